The van der Waals surface area contributed by atoms with Crippen molar-refractivity contribution in [2.24, 2.45) is 17.3 Å². The summed E-state index contributed by atoms with van der Waals surface area (Å²) in [5.74, 6) is 1.38. The van der Waals surface area contributed by atoms with E-state index in [0.29, 0.717) is 17.9 Å². The van der Waals surface area contributed by atoms with Crippen molar-refractivity contribution in [3.05, 3.63) is 52.7 Å². The molecule has 0 amide bonds. The van der Waals surface area contributed by atoms with Crippen molar-refractivity contribution >= 4 is 5.69 Å². The van der Waals surface area contributed by atoms with Gasteiger partial charge >= 0.3 is 0 Å². The van der Waals surface area contributed by atoms with Gasteiger partial charge in [0.25, 0.3) is 5.69 Å². The SMILES string of the molecule is C=CN(Cc1cccc([N+](=O)[O-])c1)CC1C(C)C1(C)C. The van der Waals surface area contributed by atoms with Gasteiger partial charge in [-0.05, 0) is 29.0 Å². The Labute approximate surface area is 120 Å². The predicted octanol–water partition coefficient (Wildman–Crippen LogP) is 3.83. The molecule has 0 spiro atoms. The fourth-order valence-electron chi connectivity index (χ4n) is 2.87. The van der Waals surface area contributed by atoms with Gasteiger partial charge in [0.15, 0.2) is 0 Å². The third kappa shape index (κ3) is 2.84. The normalized spacial score (nSPS) is 23.1. The van der Waals surface area contributed by atoms with E-state index in [2.05, 4.69) is 32.3 Å². The fourth-order valence-corrected chi connectivity index (χ4v) is 2.87. The minimum atomic E-state index is -0.353. The van der Waals surface area contributed by atoms with Gasteiger partial charge in [0.2, 0.25) is 0 Å². The van der Waals surface area contributed by atoms with Crippen LogP contribution in [0.15, 0.2) is 37.0 Å². The molecule has 4 nitrogen and oxygen atoms in total. The van der Waals surface area contributed by atoms with Gasteiger partial charge in [0.1, 0.15) is 0 Å². The largest absolute Gasteiger partial charge is 0.373 e. The Balaban J connectivity index is 2.02. The molecule has 0 N–H and O–H groups in total. The van der Waals surface area contributed by atoms with Gasteiger partial charge in [-0.1, -0.05) is 39.5 Å². The molecule has 4 heteroatoms. The van der Waals surface area contributed by atoms with Crippen LogP contribution in [0, 0.1) is 27.4 Å². The molecule has 0 bridgehead atoms. The number of nitro groups is 1. The second kappa shape index (κ2) is 5.27. The lowest BCUT2D eigenvalue weighted by atomic mass is 10.1. The maximum Gasteiger partial charge on any atom is 0.269 e. The summed E-state index contributed by atoms with van der Waals surface area (Å²) < 4.78 is 0. The number of hydrogen-bond acceptors (Lipinski definition) is 3. The molecule has 2 unspecified atom stereocenters. The summed E-state index contributed by atoms with van der Waals surface area (Å²) in [6.07, 6.45) is 1.83. The van der Waals surface area contributed by atoms with E-state index in [1.165, 1.54) is 6.07 Å². The summed E-state index contributed by atoms with van der Waals surface area (Å²) in [6, 6.07) is 6.81. The van der Waals surface area contributed by atoms with Crippen molar-refractivity contribution in [2.75, 3.05) is 6.54 Å². The lowest BCUT2D eigenvalue weighted by Crippen LogP contribution is -2.20. The minimum absolute atomic E-state index is 0.145. The summed E-state index contributed by atoms with van der Waals surface area (Å²) in [5, 5.41) is 10.8. The van der Waals surface area contributed by atoms with E-state index in [0.717, 1.165) is 18.0 Å². The molecule has 1 aromatic carbocycles. The van der Waals surface area contributed by atoms with Crippen LogP contribution in [0.25, 0.3) is 0 Å². The summed E-state index contributed by atoms with van der Waals surface area (Å²) >= 11 is 0. The number of rotatable bonds is 6. The molecule has 1 saturated carbocycles. The van der Waals surface area contributed by atoms with Crippen molar-refractivity contribution in [1.29, 1.82) is 0 Å². The Morgan fingerprint density at radius 2 is 2.15 bits per heavy atom. The quantitative estimate of drug-likeness (QED) is 0.585. The number of non-ortho nitro benzene ring substituents is 1. The highest BCUT2D eigenvalue weighted by Crippen LogP contribution is 2.58. The summed E-state index contributed by atoms with van der Waals surface area (Å²) in [4.78, 5) is 12.6. The second-order valence-electron chi connectivity index (χ2n) is 6.26. The molecule has 2 atom stereocenters. The first-order valence-electron chi connectivity index (χ1n) is 6.96. The fraction of sp³-hybridized carbons (Fsp3) is 0.500. The highest BCUT2D eigenvalue weighted by molar-refractivity contribution is 5.34. The molecule has 0 heterocycles. The highest BCUT2D eigenvalue weighted by atomic mass is 16.6. The first-order valence-corrected chi connectivity index (χ1v) is 6.96. The van der Waals surface area contributed by atoms with Gasteiger partial charge in [-0.25, -0.2) is 0 Å². The van der Waals surface area contributed by atoms with Gasteiger partial charge < -0.3 is 4.90 Å². The molecule has 1 aliphatic rings. The van der Waals surface area contributed by atoms with Crippen LogP contribution in [0.5, 0.6) is 0 Å². The van der Waals surface area contributed by atoms with Crippen molar-refractivity contribution in [3.63, 3.8) is 0 Å². The van der Waals surface area contributed by atoms with E-state index in [-0.39, 0.29) is 10.6 Å². The van der Waals surface area contributed by atoms with Crippen LogP contribution in [0.3, 0.4) is 0 Å². The summed E-state index contributed by atoms with van der Waals surface area (Å²) in [7, 11) is 0. The van der Waals surface area contributed by atoms with Gasteiger partial charge in [0.05, 0.1) is 4.92 Å². The monoisotopic (exact) mass is 274 g/mol. The summed E-state index contributed by atoms with van der Waals surface area (Å²) in [5.41, 5.74) is 1.49. The molecule has 0 aromatic heterocycles. The van der Waals surface area contributed by atoms with Gasteiger partial charge in [0, 0.05) is 25.2 Å². The first-order chi connectivity index (χ1) is 9.36. The lowest BCUT2D eigenvalue weighted by molar-refractivity contribution is -0.384. The van der Waals surface area contributed by atoms with Crippen LogP contribution >= 0.6 is 0 Å². The molecular formula is C16H22N2O2. The third-order valence-corrected chi connectivity index (χ3v) is 4.82. The van der Waals surface area contributed by atoms with Crippen LogP contribution in [0.2, 0.25) is 0 Å². The van der Waals surface area contributed by atoms with Crippen LogP contribution in [-0.4, -0.2) is 16.4 Å². The Kier molecular flexibility index (Phi) is 3.84. The maximum atomic E-state index is 10.8. The van der Waals surface area contributed by atoms with Crippen molar-refractivity contribution < 1.29 is 4.92 Å². The maximum absolute atomic E-state index is 10.8. The van der Waals surface area contributed by atoms with Crippen molar-refractivity contribution in [2.45, 2.75) is 27.3 Å². The zero-order valence-corrected chi connectivity index (χ0v) is 12.4. The van der Waals surface area contributed by atoms with E-state index in [9.17, 15) is 10.1 Å². The molecule has 0 aliphatic heterocycles. The third-order valence-electron chi connectivity index (χ3n) is 4.82. The van der Waals surface area contributed by atoms with E-state index < -0.39 is 0 Å². The average Bonchev–Trinajstić information content (AvgIpc) is 2.88. The van der Waals surface area contributed by atoms with Crippen LogP contribution in [0.1, 0.15) is 26.3 Å². The van der Waals surface area contributed by atoms with Crippen LogP contribution in [0.4, 0.5) is 5.69 Å². The van der Waals surface area contributed by atoms with E-state index in [1.54, 1.807) is 12.1 Å². The Morgan fingerprint density at radius 1 is 1.50 bits per heavy atom. The Bertz CT molecular complexity index is 525. The first kappa shape index (κ1) is 14.6. The second-order valence-corrected chi connectivity index (χ2v) is 6.26. The standard InChI is InChI=1S/C16H22N2O2/c1-5-17(11-15-12(2)16(15,3)4)10-13-7-6-8-14(9-13)18(19)20/h5-9,12,15H,1,10-11H2,2-4H3. The molecule has 2 rings (SSSR count). The van der Waals surface area contributed by atoms with E-state index in [1.807, 2.05) is 12.3 Å². The Morgan fingerprint density at radius 3 is 2.65 bits per heavy atom. The molecule has 20 heavy (non-hydrogen) atoms. The van der Waals surface area contributed by atoms with Crippen LogP contribution < -0.4 is 0 Å². The van der Waals surface area contributed by atoms with Crippen LogP contribution in [-0.2, 0) is 6.54 Å². The van der Waals surface area contributed by atoms with E-state index in [4.69, 9.17) is 0 Å². The number of benzene rings is 1. The highest BCUT2D eigenvalue weighted by Gasteiger charge is 2.54. The lowest BCUT2D eigenvalue weighted by Gasteiger charge is -2.21. The number of nitro benzene ring substituents is 1. The Hall–Kier alpha value is -1.84. The zero-order valence-electron chi connectivity index (χ0n) is 12.4. The van der Waals surface area contributed by atoms with Gasteiger partial charge in [-0.2, -0.15) is 0 Å². The number of hydrogen-bond donors (Lipinski definition) is 0. The topological polar surface area (TPSA) is 46.4 Å². The molecular weight excluding hydrogens is 252 g/mol. The molecule has 108 valence electrons. The molecule has 0 radical (unpaired) electrons. The molecule has 1 aliphatic carbocycles. The summed E-state index contributed by atoms with van der Waals surface area (Å²) in [6.45, 7) is 12.3. The minimum Gasteiger partial charge on any atom is -0.373 e. The molecule has 1 fully saturated rings. The average molecular weight is 274 g/mol. The van der Waals surface area contributed by atoms with Gasteiger partial charge in [-0.15, -0.1) is 0 Å². The van der Waals surface area contributed by atoms with Crippen molar-refractivity contribution in [1.82, 2.24) is 4.90 Å². The van der Waals surface area contributed by atoms with E-state index >= 15 is 0 Å². The van der Waals surface area contributed by atoms with Crippen molar-refractivity contribution in [3.8, 4) is 0 Å². The predicted molar refractivity (Wildman–Crippen MR) is 80.1 cm³/mol. The zero-order chi connectivity index (χ0) is 14.9. The smallest absolute Gasteiger partial charge is 0.269 e. The molecule has 0 saturated heterocycles. The van der Waals surface area contributed by atoms with Gasteiger partial charge in [-0.3, -0.25) is 10.1 Å². The number of nitrogens with zero attached hydrogens (tertiary/aromatic N) is 2. The molecule has 1 aromatic rings.